The number of phenols is 1. The van der Waals surface area contributed by atoms with Crippen molar-refractivity contribution in [1.82, 2.24) is 14.8 Å². The number of rotatable bonds is 7. The number of nitrogens with zero attached hydrogens (tertiary/aromatic N) is 3. The Balaban J connectivity index is 1.69. The molecule has 0 bridgehead atoms. The maximum atomic E-state index is 12.3. The highest BCUT2D eigenvalue weighted by Crippen LogP contribution is 2.30. The SMILES string of the molecule is CCn1c(SCC(=O)Nc2cccc(C(C)=O)c2)nnc1-c1ccccc1O. The van der Waals surface area contributed by atoms with Crippen LogP contribution in [0.4, 0.5) is 5.69 Å². The molecule has 28 heavy (non-hydrogen) atoms. The normalized spacial score (nSPS) is 10.6. The summed E-state index contributed by atoms with van der Waals surface area (Å²) in [6.07, 6.45) is 0. The van der Waals surface area contributed by atoms with Crippen LogP contribution in [0.3, 0.4) is 0 Å². The molecule has 0 fully saturated rings. The Kier molecular flexibility index (Phi) is 6.10. The molecule has 3 rings (SSSR count). The predicted molar refractivity (Wildman–Crippen MR) is 109 cm³/mol. The van der Waals surface area contributed by atoms with Gasteiger partial charge in [-0.3, -0.25) is 9.59 Å². The zero-order valence-corrected chi connectivity index (χ0v) is 16.4. The molecule has 8 heteroatoms. The Hall–Kier alpha value is -3.13. The van der Waals surface area contributed by atoms with Gasteiger partial charge in [0.05, 0.1) is 11.3 Å². The largest absolute Gasteiger partial charge is 0.507 e. The molecule has 1 heterocycles. The number of carbonyl (C=O) groups is 2. The van der Waals surface area contributed by atoms with Crippen LogP contribution in [0, 0.1) is 0 Å². The molecule has 0 atom stereocenters. The van der Waals surface area contributed by atoms with Gasteiger partial charge >= 0.3 is 0 Å². The van der Waals surface area contributed by atoms with E-state index in [1.54, 1.807) is 42.5 Å². The number of para-hydroxylation sites is 1. The van der Waals surface area contributed by atoms with Crippen LogP contribution in [-0.2, 0) is 11.3 Å². The molecule has 0 spiro atoms. The van der Waals surface area contributed by atoms with Crippen molar-refractivity contribution in [2.75, 3.05) is 11.1 Å². The maximum Gasteiger partial charge on any atom is 0.234 e. The van der Waals surface area contributed by atoms with Gasteiger partial charge in [0.25, 0.3) is 0 Å². The molecule has 0 aliphatic carbocycles. The topological polar surface area (TPSA) is 97.1 Å². The third-order valence-electron chi connectivity index (χ3n) is 4.06. The Bertz CT molecular complexity index is 1020. The lowest BCUT2D eigenvalue weighted by molar-refractivity contribution is -0.113. The number of hydrogen-bond donors (Lipinski definition) is 2. The minimum absolute atomic E-state index is 0.0572. The molecule has 0 saturated carbocycles. The van der Waals surface area contributed by atoms with E-state index in [1.807, 2.05) is 17.6 Å². The van der Waals surface area contributed by atoms with E-state index in [-0.39, 0.29) is 23.2 Å². The number of ketones is 1. The van der Waals surface area contributed by atoms with Crippen molar-refractivity contribution in [2.45, 2.75) is 25.5 Å². The van der Waals surface area contributed by atoms with E-state index in [0.717, 1.165) is 0 Å². The third kappa shape index (κ3) is 4.40. The minimum Gasteiger partial charge on any atom is -0.507 e. The summed E-state index contributed by atoms with van der Waals surface area (Å²) in [5.74, 6) is 0.559. The Morgan fingerprint density at radius 3 is 2.64 bits per heavy atom. The number of amides is 1. The van der Waals surface area contributed by atoms with Crippen molar-refractivity contribution in [1.29, 1.82) is 0 Å². The van der Waals surface area contributed by atoms with Crippen molar-refractivity contribution < 1.29 is 14.7 Å². The fourth-order valence-corrected chi connectivity index (χ4v) is 3.49. The average Bonchev–Trinajstić information content (AvgIpc) is 3.09. The van der Waals surface area contributed by atoms with Gasteiger partial charge in [0, 0.05) is 17.8 Å². The van der Waals surface area contributed by atoms with Crippen LogP contribution in [0.25, 0.3) is 11.4 Å². The first-order valence-electron chi connectivity index (χ1n) is 8.74. The van der Waals surface area contributed by atoms with E-state index in [2.05, 4.69) is 15.5 Å². The summed E-state index contributed by atoms with van der Waals surface area (Å²) in [6, 6.07) is 13.7. The predicted octanol–water partition coefficient (Wildman–Crippen LogP) is 3.60. The number of benzene rings is 2. The zero-order valence-electron chi connectivity index (χ0n) is 15.5. The number of aromatic hydroxyl groups is 1. The monoisotopic (exact) mass is 396 g/mol. The van der Waals surface area contributed by atoms with E-state index in [9.17, 15) is 14.7 Å². The average molecular weight is 396 g/mol. The fourth-order valence-electron chi connectivity index (χ4n) is 2.69. The van der Waals surface area contributed by atoms with E-state index in [4.69, 9.17) is 0 Å². The molecular formula is C20H20N4O3S. The van der Waals surface area contributed by atoms with Crippen molar-refractivity contribution in [3.8, 4) is 17.1 Å². The molecule has 2 aromatic carbocycles. The molecular weight excluding hydrogens is 376 g/mol. The number of aromatic nitrogens is 3. The van der Waals surface area contributed by atoms with Gasteiger partial charge in [-0.15, -0.1) is 10.2 Å². The van der Waals surface area contributed by atoms with E-state index in [0.29, 0.717) is 34.3 Å². The lowest BCUT2D eigenvalue weighted by Gasteiger charge is -2.09. The zero-order chi connectivity index (χ0) is 20.1. The molecule has 2 N–H and O–H groups in total. The van der Waals surface area contributed by atoms with Crippen LogP contribution in [-0.4, -0.2) is 37.3 Å². The second-order valence-electron chi connectivity index (χ2n) is 6.04. The lowest BCUT2D eigenvalue weighted by Crippen LogP contribution is -2.15. The fraction of sp³-hybridized carbons (Fsp3) is 0.200. The number of nitrogens with one attached hydrogen (secondary N) is 1. The quantitative estimate of drug-likeness (QED) is 0.468. The third-order valence-corrected chi connectivity index (χ3v) is 5.03. The Labute approximate surface area is 166 Å². The van der Waals surface area contributed by atoms with Gasteiger partial charge < -0.3 is 15.0 Å². The highest BCUT2D eigenvalue weighted by Gasteiger charge is 2.16. The Morgan fingerprint density at radius 2 is 1.93 bits per heavy atom. The maximum absolute atomic E-state index is 12.3. The number of thioether (sulfide) groups is 1. The van der Waals surface area contributed by atoms with Gasteiger partial charge in [0.1, 0.15) is 5.75 Å². The van der Waals surface area contributed by atoms with Crippen LogP contribution in [0.15, 0.2) is 53.7 Å². The number of hydrogen-bond acceptors (Lipinski definition) is 6. The molecule has 0 radical (unpaired) electrons. The molecule has 144 valence electrons. The van der Waals surface area contributed by atoms with Crippen LogP contribution < -0.4 is 5.32 Å². The van der Waals surface area contributed by atoms with Gasteiger partial charge in [0.15, 0.2) is 16.8 Å². The first-order valence-corrected chi connectivity index (χ1v) is 9.73. The summed E-state index contributed by atoms with van der Waals surface area (Å²) in [5, 5.41) is 21.8. The highest BCUT2D eigenvalue weighted by atomic mass is 32.2. The first-order chi connectivity index (χ1) is 13.5. The molecule has 0 saturated heterocycles. The summed E-state index contributed by atoms with van der Waals surface area (Å²) in [4.78, 5) is 23.7. The molecule has 0 unspecified atom stereocenters. The minimum atomic E-state index is -0.208. The van der Waals surface area contributed by atoms with Crippen molar-refractivity contribution >= 4 is 29.1 Å². The van der Waals surface area contributed by atoms with Crippen LogP contribution in [0.1, 0.15) is 24.2 Å². The van der Waals surface area contributed by atoms with Crippen LogP contribution in [0.2, 0.25) is 0 Å². The lowest BCUT2D eigenvalue weighted by atomic mass is 10.1. The van der Waals surface area contributed by atoms with Crippen molar-refractivity contribution in [3.05, 3.63) is 54.1 Å². The van der Waals surface area contributed by atoms with Crippen LogP contribution >= 0.6 is 11.8 Å². The van der Waals surface area contributed by atoms with Gasteiger partial charge in [-0.2, -0.15) is 0 Å². The summed E-state index contributed by atoms with van der Waals surface area (Å²) in [6.45, 7) is 4.03. The number of carbonyl (C=O) groups excluding carboxylic acids is 2. The van der Waals surface area contributed by atoms with Gasteiger partial charge in [-0.05, 0) is 38.1 Å². The smallest absolute Gasteiger partial charge is 0.234 e. The highest BCUT2D eigenvalue weighted by molar-refractivity contribution is 7.99. The number of phenolic OH excluding ortho intramolecular Hbond substituents is 1. The molecule has 0 aliphatic rings. The van der Waals surface area contributed by atoms with Crippen LogP contribution in [0.5, 0.6) is 5.75 Å². The number of Topliss-reactive ketones (excluding diaryl/α,β-unsaturated/α-hetero) is 1. The number of anilines is 1. The van der Waals surface area contributed by atoms with E-state index < -0.39 is 0 Å². The summed E-state index contributed by atoms with van der Waals surface area (Å²) < 4.78 is 1.85. The summed E-state index contributed by atoms with van der Waals surface area (Å²) >= 11 is 1.26. The Morgan fingerprint density at radius 1 is 1.14 bits per heavy atom. The van der Waals surface area contributed by atoms with E-state index in [1.165, 1.54) is 18.7 Å². The van der Waals surface area contributed by atoms with Crippen molar-refractivity contribution in [3.63, 3.8) is 0 Å². The first kappa shape index (κ1) is 19.6. The van der Waals surface area contributed by atoms with Gasteiger partial charge in [-0.25, -0.2) is 0 Å². The summed E-state index contributed by atoms with van der Waals surface area (Å²) in [5.41, 5.74) is 1.71. The molecule has 3 aromatic rings. The standard InChI is InChI=1S/C20H20N4O3S/c1-3-24-19(16-9-4-5-10-17(16)26)22-23-20(24)28-12-18(27)21-15-8-6-7-14(11-15)13(2)25/h4-11,26H,3,12H2,1-2H3,(H,21,27). The van der Waals surface area contributed by atoms with Crippen molar-refractivity contribution in [2.24, 2.45) is 0 Å². The summed E-state index contributed by atoms with van der Waals surface area (Å²) in [7, 11) is 0. The molecule has 1 amide bonds. The van der Waals surface area contributed by atoms with E-state index >= 15 is 0 Å². The van der Waals surface area contributed by atoms with Gasteiger partial charge in [0.2, 0.25) is 5.91 Å². The molecule has 1 aromatic heterocycles. The second kappa shape index (κ2) is 8.71. The second-order valence-corrected chi connectivity index (χ2v) is 6.98. The molecule has 7 nitrogen and oxygen atoms in total. The van der Waals surface area contributed by atoms with Gasteiger partial charge in [-0.1, -0.05) is 36.0 Å². The molecule has 0 aliphatic heterocycles.